The van der Waals surface area contributed by atoms with Gasteiger partial charge >= 0.3 is 0 Å². The number of thiophene rings is 2. The van der Waals surface area contributed by atoms with Gasteiger partial charge in [0, 0.05) is 22.4 Å². The second-order valence-electron chi connectivity index (χ2n) is 5.33. The minimum Gasteiger partial charge on any atom is -0.370 e. The maximum Gasteiger partial charge on any atom is 0.163 e. The molecule has 3 aromatic rings. The number of aryl methyl sites for hydroxylation is 2. The van der Waals surface area contributed by atoms with Crippen molar-refractivity contribution in [3.8, 4) is 11.4 Å². The van der Waals surface area contributed by atoms with Crippen molar-refractivity contribution in [3.05, 3.63) is 27.3 Å². The molecule has 108 valence electrons. The van der Waals surface area contributed by atoms with Crippen LogP contribution in [-0.4, -0.2) is 16.5 Å². The highest BCUT2D eigenvalue weighted by Crippen LogP contribution is 2.39. The molecule has 0 bridgehead atoms. The zero-order chi connectivity index (χ0) is 14.2. The molecule has 0 fully saturated rings. The molecule has 0 aromatic carbocycles. The minimum absolute atomic E-state index is 0.846. The molecule has 0 saturated carbocycles. The number of nitrogens with one attached hydrogen (secondary N) is 1. The maximum atomic E-state index is 4.84. The van der Waals surface area contributed by atoms with Crippen LogP contribution < -0.4 is 5.32 Å². The van der Waals surface area contributed by atoms with E-state index in [9.17, 15) is 0 Å². The van der Waals surface area contributed by atoms with Crippen LogP contribution in [0.25, 0.3) is 21.6 Å². The summed E-state index contributed by atoms with van der Waals surface area (Å²) in [7, 11) is 0. The minimum atomic E-state index is 0.846. The van der Waals surface area contributed by atoms with Gasteiger partial charge < -0.3 is 5.32 Å². The second-order valence-corrected chi connectivity index (χ2v) is 7.19. The smallest absolute Gasteiger partial charge is 0.163 e. The van der Waals surface area contributed by atoms with Crippen molar-refractivity contribution in [2.75, 3.05) is 11.9 Å². The molecule has 5 heteroatoms. The van der Waals surface area contributed by atoms with Gasteiger partial charge in [-0.2, -0.15) is 11.3 Å². The third-order valence-electron chi connectivity index (χ3n) is 3.94. The molecule has 3 heterocycles. The molecule has 3 nitrogen and oxygen atoms in total. The fourth-order valence-electron chi connectivity index (χ4n) is 2.97. The standard InChI is InChI=1S/C16H17N3S2/c1-2-17-15-13-11-5-3-4-6-12(11)21-16(13)19-14(18-15)10-7-8-20-9-10/h7-9H,2-6H2,1H3,(H,17,18,19). The number of hydrogen-bond donors (Lipinski definition) is 1. The van der Waals surface area contributed by atoms with E-state index in [1.54, 1.807) is 11.3 Å². The first-order chi connectivity index (χ1) is 10.4. The number of aromatic nitrogens is 2. The van der Waals surface area contributed by atoms with E-state index in [1.807, 2.05) is 11.3 Å². The summed E-state index contributed by atoms with van der Waals surface area (Å²) in [6.07, 6.45) is 4.97. The summed E-state index contributed by atoms with van der Waals surface area (Å²) >= 11 is 3.55. The van der Waals surface area contributed by atoms with Crippen LogP contribution in [0.2, 0.25) is 0 Å². The number of rotatable bonds is 3. The monoisotopic (exact) mass is 315 g/mol. The van der Waals surface area contributed by atoms with Crippen molar-refractivity contribution in [3.63, 3.8) is 0 Å². The average molecular weight is 315 g/mol. The van der Waals surface area contributed by atoms with Gasteiger partial charge in [-0.05, 0) is 49.6 Å². The van der Waals surface area contributed by atoms with Crippen LogP contribution in [0.1, 0.15) is 30.2 Å². The van der Waals surface area contributed by atoms with Crippen LogP contribution in [0.4, 0.5) is 5.82 Å². The first kappa shape index (κ1) is 13.2. The van der Waals surface area contributed by atoms with Crippen LogP contribution in [0, 0.1) is 0 Å². The summed E-state index contributed by atoms with van der Waals surface area (Å²) in [5.74, 6) is 1.86. The Kier molecular flexibility index (Phi) is 3.39. The van der Waals surface area contributed by atoms with E-state index >= 15 is 0 Å². The van der Waals surface area contributed by atoms with Gasteiger partial charge in [-0.25, -0.2) is 9.97 Å². The quantitative estimate of drug-likeness (QED) is 0.759. The van der Waals surface area contributed by atoms with E-state index in [-0.39, 0.29) is 0 Å². The Morgan fingerprint density at radius 2 is 2.14 bits per heavy atom. The Labute approximate surface area is 132 Å². The lowest BCUT2D eigenvalue weighted by Gasteiger charge is -2.12. The van der Waals surface area contributed by atoms with E-state index in [1.165, 1.54) is 41.5 Å². The lowest BCUT2D eigenvalue weighted by atomic mass is 9.97. The van der Waals surface area contributed by atoms with Gasteiger partial charge in [0.15, 0.2) is 5.82 Å². The molecule has 0 unspecified atom stereocenters. The number of nitrogens with zero attached hydrogens (tertiary/aromatic N) is 2. The summed E-state index contributed by atoms with van der Waals surface area (Å²) in [6.45, 7) is 3.01. The van der Waals surface area contributed by atoms with Crippen LogP contribution in [0.15, 0.2) is 16.8 Å². The average Bonchev–Trinajstić information content (AvgIpc) is 3.14. The SMILES string of the molecule is CCNc1nc(-c2ccsc2)nc2sc3c(c12)CCCC3. The summed E-state index contributed by atoms with van der Waals surface area (Å²) in [4.78, 5) is 12.3. The summed E-state index contributed by atoms with van der Waals surface area (Å²) < 4.78 is 0. The van der Waals surface area contributed by atoms with Crippen LogP contribution in [0.3, 0.4) is 0 Å². The third kappa shape index (κ3) is 2.24. The van der Waals surface area contributed by atoms with E-state index in [0.29, 0.717) is 0 Å². The molecule has 1 N–H and O–H groups in total. The van der Waals surface area contributed by atoms with Gasteiger partial charge in [0.2, 0.25) is 0 Å². The van der Waals surface area contributed by atoms with Crippen molar-refractivity contribution in [1.29, 1.82) is 0 Å². The Hall–Kier alpha value is -1.46. The molecule has 0 aliphatic heterocycles. The molecule has 0 saturated heterocycles. The fourth-order valence-corrected chi connectivity index (χ4v) is 4.87. The van der Waals surface area contributed by atoms with E-state index in [0.717, 1.165) is 28.6 Å². The largest absolute Gasteiger partial charge is 0.370 e. The van der Waals surface area contributed by atoms with Crippen LogP contribution in [-0.2, 0) is 12.8 Å². The highest BCUT2D eigenvalue weighted by molar-refractivity contribution is 7.19. The third-order valence-corrected chi connectivity index (χ3v) is 5.81. The Balaban J connectivity index is 1.96. The molecule has 0 radical (unpaired) electrons. The maximum absolute atomic E-state index is 4.84. The second kappa shape index (κ2) is 5.39. The molecule has 1 aliphatic carbocycles. The van der Waals surface area contributed by atoms with Crippen LogP contribution in [0.5, 0.6) is 0 Å². The summed E-state index contributed by atoms with van der Waals surface area (Å²) in [5, 5.41) is 8.92. The van der Waals surface area contributed by atoms with Crippen molar-refractivity contribution in [2.24, 2.45) is 0 Å². The number of fused-ring (bicyclic) bond motifs is 3. The normalized spacial score (nSPS) is 14.3. The van der Waals surface area contributed by atoms with E-state index < -0.39 is 0 Å². The van der Waals surface area contributed by atoms with Gasteiger partial charge in [-0.3, -0.25) is 0 Å². The molecule has 0 spiro atoms. The van der Waals surface area contributed by atoms with E-state index in [4.69, 9.17) is 9.97 Å². The predicted octanol–water partition coefficient (Wildman–Crippen LogP) is 4.73. The summed E-state index contributed by atoms with van der Waals surface area (Å²) in [6, 6.07) is 2.09. The van der Waals surface area contributed by atoms with E-state index in [2.05, 4.69) is 29.1 Å². The van der Waals surface area contributed by atoms with Crippen molar-refractivity contribution in [1.82, 2.24) is 9.97 Å². The zero-order valence-corrected chi connectivity index (χ0v) is 13.6. The molecule has 3 aromatic heterocycles. The van der Waals surface area contributed by atoms with Gasteiger partial charge in [0.1, 0.15) is 10.6 Å². The molecule has 21 heavy (non-hydrogen) atoms. The molecular weight excluding hydrogens is 298 g/mol. The predicted molar refractivity (Wildman–Crippen MR) is 91.5 cm³/mol. The molecular formula is C16H17N3S2. The van der Waals surface area contributed by atoms with Gasteiger partial charge in [0.25, 0.3) is 0 Å². The lowest BCUT2D eigenvalue weighted by Crippen LogP contribution is -2.04. The highest BCUT2D eigenvalue weighted by atomic mass is 32.1. The van der Waals surface area contributed by atoms with Crippen molar-refractivity contribution in [2.45, 2.75) is 32.6 Å². The number of anilines is 1. The topological polar surface area (TPSA) is 37.8 Å². The zero-order valence-electron chi connectivity index (χ0n) is 12.0. The number of hydrogen-bond acceptors (Lipinski definition) is 5. The first-order valence-corrected chi connectivity index (χ1v) is 9.21. The van der Waals surface area contributed by atoms with Gasteiger partial charge in [-0.1, -0.05) is 0 Å². The highest BCUT2D eigenvalue weighted by Gasteiger charge is 2.21. The van der Waals surface area contributed by atoms with Crippen LogP contribution >= 0.6 is 22.7 Å². The Morgan fingerprint density at radius 1 is 1.24 bits per heavy atom. The molecule has 1 aliphatic rings. The molecule has 4 rings (SSSR count). The van der Waals surface area contributed by atoms with Gasteiger partial charge in [-0.15, -0.1) is 11.3 Å². The van der Waals surface area contributed by atoms with Gasteiger partial charge in [0.05, 0.1) is 5.39 Å². The van der Waals surface area contributed by atoms with Crippen molar-refractivity contribution >= 4 is 38.7 Å². The lowest BCUT2D eigenvalue weighted by molar-refractivity contribution is 0.700. The fraction of sp³-hybridized carbons (Fsp3) is 0.375. The first-order valence-electron chi connectivity index (χ1n) is 7.45. The summed E-state index contributed by atoms with van der Waals surface area (Å²) in [5.41, 5.74) is 2.61. The van der Waals surface area contributed by atoms with Crippen molar-refractivity contribution < 1.29 is 0 Å². The molecule has 0 amide bonds. The Bertz CT molecular complexity index is 775. The Morgan fingerprint density at radius 3 is 2.95 bits per heavy atom. The molecule has 0 atom stereocenters.